The van der Waals surface area contributed by atoms with Gasteiger partial charge in [-0.05, 0) is 29.3 Å². The van der Waals surface area contributed by atoms with Crippen molar-refractivity contribution in [3.8, 4) is 0 Å². The first-order valence-corrected chi connectivity index (χ1v) is 5.49. The van der Waals surface area contributed by atoms with Gasteiger partial charge < -0.3 is 0 Å². The largest absolute Gasteiger partial charge is 0.416 e. The first-order chi connectivity index (χ1) is 6.84. The van der Waals surface area contributed by atoms with Crippen molar-refractivity contribution < 1.29 is 17.6 Å². The highest BCUT2D eigenvalue weighted by Crippen LogP contribution is 2.31. The predicted octanol–water partition coefficient (Wildman–Crippen LogP) is 4.29. The lowest BCUT2D eigenvalue weighted by Gasteiger charge is -2.09. The molecule has 0 N–H and O–H groups in total. The summed E-state index contributed by atoms with van der Waals surface area (Å²) in [7, 11) is 0. The Morgan fingerprint density at radius 3 is 2.33 bits per heavy atom. The van der Waals surface area contributed by atoms with Gasteiger partial charge in [0.25, 0.3) is 0 Å². The standard InChI is InChI=1S/C10H7F4I/c1-6(5-15)7-2-8(10(12,13)14)4-9(11)3-7/h2-4H,1,5H2. The summed E-state index contributed by atoms with van der Waals surface area (Å²) in [5, 5.41) is 0. The molecule has 0 aliphatic carbocycles. The smallest absolute Gasteiger partial charge is 0.207 e. The van der Waals surface area contributed by atoms with E-state index in [1.807, 2.05) is 22.6 Å². The maximum atomic E-state index is 12.9. The van der Waals surface area contributed by atoms with Crippen LogP contribution in [0.25, 0.3) is 5.57 Å². The summed E-state index contributed by atoms with van der Waals surface area (Å²) in [5.41, 5.74) is -0.319. The van der Waals surface area contributed by atoms with Crippen LogP contribution in [0.5, 0.6) is 0 Å². The summed E-state index contributed by atoms with van der Waals surface area (Å²) in [5.74, 6) is -0.897. The minimum atomic E-state index is -4.53. The van der Waals surface area contributed by atoms with Gasteiger partial charge in [0.15, 0.2) is 0 Å². The number of hydrogen-bond donors (Lipinski definition) is 0. The topological polar surface area (TPSA) is 0 Å². The van der Waals surface area contributed by atoms with Gasteiger partial charge in [0.1, 0.15) is 5.82 Å². The van der Waals surface area contributed by atoms with Gasteiger partial charge in [-0.15, -0.1) is 0 Å². The number of hydrogen-bond acceptors (Lipinski definition) is 0. The van der Waals surface area contributed by atoms with Crippen LogP contribution in [-0.4, -0.2) is 4.43 Å². The van der Waals surface area contributed by atoms with Crippen LogP contribution in [0, 0.1) is 5.82 Å². The first kappa shape index (κ1) is 12.5. The molecule has 1 rings (SSSR count). The third kappa shape index (κ3) is 3.19. The minimum Gasteiger partial charge on any atom is -0.207 e. The lowest BCUT2D eigenvalue weighted by molar-refractivity contribution is -0.137. The Balaban J connectivity index is 3.23. The molecule has 5 heteroatoms. The van der Waals surface area contributed by atoms with E-state index in [1.165, 1.54) is 0 Å². The lowest BCUT2D eigenvalue weighted by Crippen LogP contribution is -2.06. The summed E-state index contributed by atoms with van der Waals surface area (Å²) in [6.07, 6.45) is -4.53. The molecular formula is C10H7F4I. The Labute approximate surface area is 98.1 Å². The zero-order valence-electron chi connectivity index (χ0n) is 7.54. The summed E-state index contributed by atoms with van der Waals surface area (Å²) in [6.45, 7) is 3.57. The molecule has 82 valence electrons. The molecule has 0 atom stereocenters. The van der Waals surface area contributed by atoms with E-state index in [0.717, 1.165) is 12.1 Å². The summed E-state index contributed by atoms with van der Waals surface area (Å²) in [6, 6.07) is 2.43. The Bertz CT molecular complexity index is 381. The zero-order chi connectivity index (χ0) is 11.6. The van der Waals surface area contributed by atoms with E-state index in [4.69, 9.17) is 0 Å². The number of benzene rings is 1. The highest BCUT2D eigenvalue weighted by molar-refractivity contribution is 14.1. The van der Waals surface area contributed by atoms with E-state index in [2.05, 4.69) is 6.58 Å². The second-order valence-corrected chi connectivity index (χ2v) is 3.73. The maximum absolute atomic E-state index is 12.9. The van der Waals surface area contributed by atoms with E-state index in [-0.39, 0.29) is 5.56 Å². The fourth-order valence-electron chi connectivity index (χ4n) is 1.03. The summed E-state index contributed by atoms with van der Waals surface area (Å²) < 4.78 is 50.3. The van der Waals surface area contributed by atoms with E-state index in [9.17, 15) is 17.6 Å². The van der Waals surface area contributed by atoms with Crippen LogP contribution in [0.4, 0.5) is 17.6 Å². The van der Waals surface area contributed by atoms with Crippen molar-refractivity contribution in [2.45, 2.75) is 6.18 Å². The van der Waals surface area contributed by atoms with Crippen LogP contribution in [0.2, 0.25) is 0 Å². The predicted molar refractivity (Wildman–Crippen MR) is 59.3 cm³/mol. The van der Waals surface area contributed by atoms with Gasteiger partial charge >= 0.3 is 6.18 Å². The van der Waals surface area contributed by atoms with Gasteiger partial charge in [-0.3, -0.25) is 0 Å². The molecule has 1 aromatic carbocycles. The molecule has 0 heterocycles. The van der Waals surface area contributed by atoms with Crippen molar-refractivity contribution >= 4 is 28.2 Å². The maximum Gasteiger partial charge on any atom is 0.416 e. The zero-order valence-corrected chi connectivity index (χ0v) is 9.69. The molecule has 0 unspecified atom stereocenters. The van der Waals surface area contributed by atoms with Crippen LogP contribution < -0.4 is 0 Å². The van der Waals surface area contributed by atoms with Crippen molar-refractivity contribution in [1.82, 2.24) is 0 Å². The number of halogens is 5. The first-order valence-electron chi connectivity index (χ1n) is 3.96. The fourth-order valence-corrected chi connectivity index (χ4v) is 1.47. The number of allylic oxidation sites excluding steroid dienone is 1. The second-order valence-electron chi connectivity index (χ2n) is 2.96. The molecule has 0 bridgehead atoms. The van der Waals surface area contributed by atoms with Crippen LogP contribution in [0.1, 0.15) is 11.1 Å². The molecule has 0 radical (unpaired) electrons. The Morgan fingerprint density at radius 1 is 1.27 bits per heavy atom. The van der Waals surface area contributed by atoms with E-state index < -0.39 is 17.6 Å². The minimum absolute atomic E-state index is 0.191. The molecular weight excluding hydrogens is 323 g/mol. The van der Waals surface area contributed by atoms with Crippen molar-refractivity contribution in [2.24, 2.45) is 0 Å². The fraction of sp³-hybridized carbons (Fsp3) is 0.200. The van der Waals surface area contributed by atoms with Gasteiger partial charge in [0, 0.05) is 4.43 Å². The lowest BCUT2D eigenvalue weighted by atomic mass is 10.1. The van der Waals surface area contributed by atoms with Crippen molar-refractivity contribution in [3.05, 3.63) is 41.7 Å². The third-order valence-electron chi connectivity index (χ3n) is 1.79. The van der Waals surface area contributed by atoms with Crippen molar-refractivity contribution in [3.63, 3.8) is 0 Å². The van der Waals surface area contributed by atoms with Crippen LogP contribution in [0.3, 0.4) is 0 Å². The van der Waals surface area contributed by atoms with Gasteiger partial charge in [-0.1, -0.05) is 29.2 Å². The van der Waals surface area contributed by atoms with E-state index >= 15 is 0 Å². The highest BCUT2D eigenvalue weighted by Gasteiger charge is 2.31. The Morgan fingerprint density at radius 2 is 1.87 bits per heavy atom. The molecule has 0 fully saturated rings. The van der Waals surface area contributed by atoms with Crippen LogP contribution >= 0.6 is 22.6 Å². The summed E-state index contributed by atoms with van der Waals surface area (Å²) >= 11 is 1.96. The normalized spacial score (nSPS) is 11.5. The third-order valence-corrected chi connectivity index (χ3v) is 2.72. The van der Waals surface area contributed by atoms with Gasteiger partial charge in [-0.2, -0.15) is 13.2 Å². The van der Waals surface area contributed by atoms with Crippen LogP contribution in [0.15, 0.2) is 24.8 Å². The van der Waals surface area contributed by atoms with Gasteiger partial charge in [0.05, 0.1) is 5.56 Å². The number of rotatable bonds is 2. The Kier molecular flexibility index (Phi) is 3.75. The number of alkyl halides is 4. The SMILES string of the molecule is C=C(CI)c1cc(F)cc(C(F)(F)F)c1. The molecule has 0 aliphatic rings. The highest BCUT2D eigenvalue weighted by atomic mass is 127. The average molecular weight is 330 g/mol. The molecule has 0 saturated carbocycles. The van der Waals surface area contributed by atoms with Crippen molar-refractivity contribution in [1.29, 1.82) is 0 Å². The molecule has 0 aliphatic heterocycles. The van der Waals surface area contributed by atoms with Crippen LogP contribution in [-0.2, 0) is 6.18 Å². The molecule has 15 heavy (non-hydrogen) atoms. The average Bonchev–Trinajstić information content (AvgIpc) is 2.14. The van der Waals surface area contributed by atoms with Gasteiger partial charge in [-0.25, -0.2) is 4.39 Å². The summed E-state index contributed by atoms with van der Waals surface area (Å²) in [4.78, 5) is 0. The molecule has 0 aromatic heterocycles. The van der Waals surface area contributed by atoms with Gasteiger partial charge in [0.2, 0.25) is 0 Å². The van der Waals surface area contributed by atoms with E-state index in [0.29, 0.717) is 16.1 Å². The van der Waals surface area contributed by atoms with Crippen molar-refractivity contribution in [2.75, 3.05) is 4.43 Å². The quantitative estimate of drug-likeness (QED) is 0.431. The monoisotopic (exact) mass is 330 g/mol. The van der Waals surface area contributed by atoms with E-state index in [1.54, 1.807) is 0 Å². The molecule has 0 nitrogen and oxygen atoms in total. The molecule has 0 amide bonds. The second kappa shape index (κ2) is 4.51. The molecule has 1 aromatic rings. The Hall–Kier alpha value is -0.590. The molecule has 0 saturated heterocycles. The molecule has 0 spiro atoms.